The van der Waals surface area contributed by atoms with E-state index in [2.05, 4.69) is 15.0 Å². The number of nitrogens with one attached hydrogen (secondary N) is 2. The summed E-state index contributed by atoms with van der Waals surface area (Å²) in [6, 6.07) is 1.08. The topological polar surface area (TPSA) is 157 Å². The Labute approximate surface area is 114 Å². The predicted octanol–water partition coefficient (Wildman–Crippen LogP) is -1.15. The van der Waals surface area contributed by atoms with E-state index >= 15 is 0 Å². The van der Waals surface area contributed by atoms with Gasteiger partial charge in [-0.05, 0) is 6.07 Å². The zero-order valence-corrected chi connectivity index (χ0v) is 11.3. The van der Waals surface area contributed by atoms with Gasteiger partial charge in [0.2, 0.25) is 10.0 Å². The third-order valence-corrected chi connectivity index (χ3v) is 2.85. The van der Waals surface area contributed by atoms with Crippen molar-refractivity contribution in [3.05, 3.63) is 27.9 Å². The van der Waals surface area contributed by atoms with Crippen molar-refractivity contribution in [1.29, 1.82) is 0 Å². The van der Waals surface area contributed by atoms with Gasteiger partial charge in [0.25, 0.3) is 11.6 Å². The van der Waals surface area contributed by atoms with E-state index in [1.165, 1.54) is 0 Å². The number of nitrogen functional groups attached to an aromatic ring is 1. The molecule has 110 valence electrons. The molecule has 1 aromatic heterocycles. The molecule has 0 unspecified atom stereocenters. The van der Waals surface area contributed by atoms with Crippen LogP contribution < -0.4 is 15.8 Å². The molecule has 0 atom stereocenters. The Morgan fingerprint density at radius 2 is 2.15 bits per heavy atom. The Kier molecular flexibility index (Phi) is 4.94. The van der Waals surface area contributed by atoms with Crippen molar-refractivity contribution in [2.75, 3.05) is 25.1 Å². The van der Waals surface area contributed by atoms with Crippen LogP contribution in [0.4, 0.5) is 11.5 Å². The third kappa shape index (κ3) is 4.78. The third-order valence-electron chi connectivity index (χ3n) is 2.12. The number of nitrogens with two attached hydrogens (primary N) is 1. The zero-order chi connectivity index (χ0) is 15.3. The van der Waals surface area contributed by atoms with E-state index in [9.17, 15) is 23.3 Å². The van der Waals surface area contributed by atoms with Crippen molar-refractivity contribution in [2.24, 2.45) is 0 Å². The number of hydrogen-bond donors (Lipinski definition) is 3. The predicted molar refractivity (Wildman–Crippen MR) is 70.5 cm³/mol. The summed E-state index contributed by atoms with van der Waals surface area (Å²) in [5.41, 5.74) is 4.66. The maximum atomic E-state index is 11.8. The van der Waals surface area contributed by atoms with E-state index in [4.69, 9.17) is 5.73 Å². The molecule has 0 spiro atoms. The molecule has 0 radical (unpaired) electrons. The van der Waals surface area contributed by atoms with Crippen LogP contribution in [0.3, 0.4) is 0 Å². The molecule has 1 amide bonds. The summed E-state index contributed by atoms with van der Waals surface area (Å²) in [5, 5.41) is 13.1. The minimum absolute atomic E-state index is 0.0225. The van der Waals surface area contributed by atoms with Gasteiger partial charge in [0.15, 0.2) is 0 Å². The number of anilines is 1. The number of rotatable bonds is 6. The minimum Gasteiger partial charge on any atom is -0.384 e. The second-order valence-electron chi connectivity index (χ2n) is 3.81. The molecule has 0 fully saturated rings. The molecule has 1 rings (SSSR count). The van der Waals surface area contributed by atoms with Crippen molar-refractivity contribution in [3.63, 3.8) is 0 Å². The lowest BCUT2D eigenvalue weighted by molar-refractivity contribution is -0.385. The van der Waals surface area contributed by atoms with Gasteiger partial charge in [-0.2, -0.15) is 0 Å². The van der Waals surface area contributed by atoms with Gasteiger partial charge in [0, 0.05) is 13.1 Å². The first-order valence-electron chi connectivity index (χ1n) is 5.33. The van der Waals surface area contributed by atoms with Gasteiger partial charge >= 0.3 is 0 Å². The molecule has 11 heteroatoms. The number of carbonyl (C=O) groups excluding carboxylic acids is 1. The van der Waals surface area contributed by atoms with E-state index in [0.717, 1.165) is 18.5 Å². The molecule has 0 bridgehead atoms. The van der Waals surface area contributed by atoms with E-state index in [0.29, 0.717) is 0 Å². The summed E-state index contributed by atoms with van der Waals surface area (Å²) >= 11 is 0. The molecule has 10 nitrogen and oxygen atoms in total. The normalized spacial score (nSPS) is 11.1. The summed E-state index contributed by atoms with van der Waals surface area (Å²) in [6.07, 6.45) is 1.86. The number of carbonyl (C=O) groups is 1. The second kappa shape index (κ2) is 6.25. The lowest BCUT2D eigenvalue weighted by atomic mass is 10.2. The van der Waals surface area contributed by atoms with Crippen LogP contribution in [0.5, 0.6) is 0 Å². The smallest absolute Gasteiger partial charge is 0.300 e. The molecule has 1 aromatic rings. The second-order valence-corrected chi connectivity index (χ2v) is 5.64. The highest BCUT2D eigenvalue weighted by Gasteiger charge is 2.20. The lowest BCUT2D eigenvalue weighted by Crippen LogP contribution is -2.34. The van der Waals surface area contributed by atoms with Gasteiger partial charge in [0.05, 0.1) is 11.2 Å². The SMILES string of the molecule is CS(=O)(=O)NCCNC(=O)c1cc(N)ncc1[N+](=O)[O-]. The Morgan fingerprint density at radius 3 is 2.70 bits per heavy atom. The fourth-order valence-electron chi connectivity index (χ4n) is 1.30. The van der Waals surface area contributed by atoms with Crippen LogP contribution in [-0.4, -0.2) is 43.6 Å². The quantitative estimate of drug-likeness (QED) is 0.340. The Balaban J connectivity index is 2.72. The van der Waals surface area contributed by atoms with Gasteiger partial charge < -0.3 is 11.1 Å². The maximum Gasteiger partial charge on any atom is 0.300 e. The van der Waals surface area contributed by atoms with Crippen LogP contribution in [0.1, 0.15) is 10.4 Å². The molecule has 0 aliphatic rings. The molecule has 4 N–H and O–H groups in total. The fourth-order valence-corrected chi connectivity index (χ4v) is 1.77. The Bertz CT molecular complexity index is 630. The molecule has 0 saturated carbocycles. The largest absolute Gasteiger partial charge is 0.384 e. The molecule has 0 aromatic carbocycles. The Morgan fingerprint density at radius 1 is 1.50 bits per heavy atom. The molecule has 1 heterocycles. The highest BCUT2D eigenvalue weighted by atomic mass is 32.2. The monoisotopic (exact) mass is 303 g/mol. The average molecular weight is 303 g/mol. The minimum atomic E-state index is -3.35. The summed E-state index contributed by atoms with van der Waals surface area (Å²) in [7, 11) is -3.35. The molecule has 0 aliphatic carbocycles. The van der Waals surface area contributed by atoms with Crippen LogP contribution >= 0.6 is 0 Å². The van der Waals surface area contributed by atoms with Crippen LogP contribution in [0.15, 0.2) is 12.3 Å². The lowest BCUT2D eigenvalue weighted by Gasteiger charge is -2.06. The van der Waals surface area contributed by atoms with Crippen molar-refractivity contribution in [2.45, 2.75) is 0 Å². The summed E-state index contributed by atoms with van der Waals surface area (Å²) < 4.78 is 23.8. The number of amides is 1. The van der Waals surface area contributed by atoms with Gasteiger partial charge in [-0.1, -0.05) is 0 Å². The molecule has 0 aliphatic heterocycles. The standard InChI is InChI=1S/C9H13N5O5S/c1-20(18,19)13-3-2-11-9(15)6-4-8(10)12-5-7(6)14(16)17/h4-5,13H,2-3H2,1H3,(H2,10,12)(H,11,15). The van der Waals surface area contributed by atoms with Crippen LogP contribution in [0.2, 0.25) is 0 Å². The van der Waals surface area contributed by atoms with Crippen molar-refractivity contribution < 1.29 is 18.1 Å². The summed E-state index contributed by atoms with van der Waals surface area (Å²) in [4.78, 5) is 25.3. The molecule has 0 saturated heterocycles. The van der Waals surface area contributed by atoms with E-state index in [1.807, 2.05) is 0 Å². The summed E-state index contributed by atoms with van der Waals surface area (Å²) in [6.45, 7) is -0.0514. The van der Waals surface area contributed by atoms with Crippen molar-refractivity contribution in [3.8, 4) is 0 Å². The number of nitro groups is 1. The number of nitrogens with zero attached hydrogens (tertiary/aromatic N) is 2. The van der Waals surface area contributed by atoms with E-state index in [1.54, 1.807) is 0 Å². The first-order valence-corrected chi connectivity index (χ1v) is 7.22. The molecular weight excluding hydrogens is 290 g/mol. The van der Waals surface area contributed by atoms with Gasteiger partial charge in [-0.3, -0.25) is 14.9 Å². The average Bonchev–Trinajstić information content (AvgIpc) is 2.32. The molecule has 20 heavy (non-hydrogen) atoms. The van der Waals surface area contributed by atoms with Crippen molar-refractivity contribution >= 4 is 27.4 Å². The van der Waals surface area contributed by atoms with Crippen molar-refractivity contribution in [1.82, 2.24) is 15.0 Å². The first kappa shape index (κ1) is 15.8. The van der Waals surface area contributed by atoms with E-state index < -0.39 is 26.5 Å². The number of pyridine rings is 1. The Hall–Kier alpha value is -2.27. The van der Waals surface area contributed by atoms with E-state index in [-0.39, 0.29) is 24.5 Å². The van der Waals surface area contributed by atoms with Crippen LogP contribution in [-0.2, 0) is 10.0 Å². The number of hydrogen-bond acceptors (Lipinski definition) is 7. The highest BCUT2D eigenvalue weighted by molar-refractivity contribution is 7.88. The first-order chi connectivity index (χ1) is 9.20. The zero-order valence-electron chi connectivity index (χ0n) is 10.5. The summed E-state index contributed by atoms with van der Waals surface area (Å²) in [5.74, 6) is -0.767. The fraction of sp³-hybridized carbons (Fsp3) is 0.333. The van der Waals surface area contributed by atoms with Gasteiger partial charge in [-0.15, -0.1) is 0 Å². The highest BCUT2D eigenvalue weighted by Crippen LogP contribution is 2.18. The molecular formula is C9H13N5O5S. The number of aromatic nitrogens is 1. The van der Waals surface area contributed by atoms with Gasteiger partial charge in [0.1, 0.15) is 17.6 Å². The van der Waals surface area contributed by atoms with Crippen LogP contribution in [0.25, 0.3) is 0 Å². The maximum absolute atomic E-state index is 11.8. The van der Waals surface area contributed by atoms with Gasteiger partial charge in [-0.25, -0.2) is 18.1 Å². The van der Waals surface area contributed by atoms with Crippen LogP contribution in [0, 0.1) is 10.1 Å². The number of sulfonamides is 1.